The fourth-order valence-electron chi connectivity index (χ4n) is 6.27. The maximum atomic E-state index is 13.1. The fraction of sp³-hybridized carbons (Fsp3) is 0.424. The van der Waals surface area contributed by atoms with Crippen LogP contribution in [0.15, 0.2) is 54.7 Å². The van der Waals surface area contributed by atoms with E-state index < -0.39 is 0 Å². The summed E-state index contributed by atoms with van der Waals surface area (Å²) in [5, 5.41) is 24.4. The first-order valence-electron chi connectivity index (χ1n) is 14.9. The van der Waals surface area contributed by atoms with Crippen molar-refractivity contribution in [1.29, 1.82) is 5.26 Å². The topological polar surface area (TPSA) is 120 Å². The maximum absolute atomic E-state index is 13.1. The Kier molecular flexibility index (Phi) is 7.30. The third-order valence-corrected chi connectivity index (χ3v) is 8.92. The van der Waals surface area contributed by atoms with Crippen molar-refractivity contribution in [1.82, 2.24) is 29.8 Å². The number of benzene rings is 1. The zero-order chi connectivity index (χ0) is 30.4. The Morgan fingerprint density at radius 3 is 2.63 bits per heavy atom. The van der Waals surface area contributed by atoms with E-state index in [0.29, 0.717) is 12.2 Å². The van der Waals surface area contributed by atoms with Crippen LogP contribution in [0.1, 0.15) is 93.7 Å². The molecule has 1 saturated heterocycles. The molecule has 4 aromatic rings. The molecule has 3 aromatic heterocycles. The Bertz CT molecular complexity index is 1720. The van der Waals surface area contributed by atoms with Crippen molar-refractivity contribution in [3.05, 3.63) is 82.9 Å². The van der Waals surface area contributed by atoms with Gasteiger partial charge in [-0.2, -0.15) is 5.26 Å². The third-order valence-electron chi connectivity index (χ3n) is 8.92. The molecule has 2 aliphatic rings. The molecule has 2 amide bonds. The van der Waals surface area contributed by atoms with Gasteiger partial charge in [-0.3, -0.25) is 14.6 Å². The molecule has 10 heteroatoms. The van der Waals surface area contributed by atoms with Gasteiger partial charge in [0.2, 0.25) is 0 Å². The molecule has 0 radical (unpaired) electrons. The summed E-state index contributed by atoms with van der Waals surface area (Å²) in [6.45, 7) is 9.44. The molecule has 1 aromatic carbocycles. The average Bonchev–Trinajstić information content (AvgIpc) is 3.56. The molecule has 222 valence electrons. The van der Waals surface area contributed by atoms with Gasteiger partial charge in [0, 0.05) is 0 Å². The van der Waals surface area contributed by atoms with Crippen molar-refractivity contribution in [3.63, 3.8) is 0 Å². The lowest BCUT2D eigenvalue weighted by Gasteiger charge is -2.32. The lowest BCUT2D eigenvalue weighted by Crippen LogP contribution is -2.37. The van der Waals surface area contributed by atoms with Crippen molar-refractivity contribution in [3.8, 4) is 11.8 Å². The molecule has 43 heavy (non-hydrogen) atoms. The van der Waals surface area contributed by atoms with Gasteiger partial charge in [0.15, 0.2) is 11.5 Å². The lowest BCUT2D eigenvalue weighted by atomic mass is 9.85. The van der Waals surface area contributed by atoms with Gasteiger partial charge in [-0.05, 0) is 92.6 Å². The molecular weight excluding hydrogens is 540 g/mol. The first-order valence-corrected chi connectivity index (χ1v) is 14.9. The van der Waals surface area contributed by atoms with Gasteiger partial charge in [0.05, 0.1) is 17.8 Å². The van der Waals surface area contributed by atoms with Crippen LogP contribution < -0.4 is 15.4 Å². The van der Waals surface area contributed by atoms with Crippen molar-refractivity contribution in [2.45, 2.75) is 76.5 Å². The first-order chi connectivity index (χ1) is 20.5. The molecule has 10 nitrogen and oxygen atoms in total. The van der Waals surface area contributed by atoms with Crippen molar-refractivity contribution in [2.75, 3.05) is 18.9 Å². The SMILES string of the molecule is CN1CCC[C@]1(C)c1nnc2ccc(O[C@@H]3CC[C@H](NC(=O)Nc4cc(C(C)(C)C)cc(C#N)n4)c4ccccc43)cn12. The van der Waals surface area contributed by atoms with Crippen molar-refractivity contribution >= 4 is 17.5 Å². The van der Waals surface area contributed by atoms with Gasteiger partial charge < -0.3 is 10.1 Å². The Hall–Kier alpha value is -4.49. The van der Waals surface area contributed by atoms with E-state index in [0.717, 1.165) is 59.7 Å². The largest absolute Gasteiger partial charge is 0.484 e. The van der Waals surface area contributed by atoms with E-state index in [1.165, 1.54) is 0 Å². The number of pyridine rings is 2. The highest BCUT2D eigenvalue weighted by molar-refractivity contribution is 5.88. The molecule has 6 rings (SSSR count). The number of carbonyl (C=O) groups excluding carboxylic acids is 1. The summed E-state index contributed by atoms with van der Waals surface area (Å²) in [7, 11) is 2.14. The van der Waals surface area contributed by atoms with Crippen LogP contribution in [-0.4, -0.2) is 44.1 Å². The molecule has 0 saturated carbocycles. The number of anilines is 1. The minimum atomic E-state index is -0.363. The van der Waals surface area contributed by atoms with E-state index in [9.17, 15) is 10.1 Å². The predicted octanol–water partition coefficient (Wildman–Crippen LogP) is 6.01. The highest BCUT2D eigenvalue weighted by atomic mass is 16.5. The molecule has 0 spiro atoms. The molecule has 2 N–H and O–H groups in total. The number of nitrogens with zero attached hydrogens (tertiary/aromatic N) is 6. The number of nitriles is 1. The van der Waals surface area contributed by atoms with Crippen LogP contribution in [-0.2, 0) is 11.0 Å². The standard InChI is InChI=1S/C33H38N8O2/c1-32(2,3)21-17-22(19-34)35-28(18-21)37-31(42)36-26-12-13-27(25-10-7-6-9-24(25)26)43-23-11-14-29-38-39-30(41(29)20-23)33(4)15-8-16-40(33)5/h6-7,9-11,14,17-18,20,26-27H,8,12-13,15-16H2,1-5H3,(H2,35,36,37,42)/t26-,27+,33+/m0/s1. The van der Waals surface area contributed by atoms with Gasteiger partial charge in [-0.15, -0.1) is 10.2 Å². The molecule has 1 aliphatic carbocycles. The molecule has 1 aliphatic heterocycles. The Balaban J connectivity index is 1.20. The third kappa shape index (κ3) is 5.53. The van der Waals surface area contributed by atoms with Crippen LogP contribution in [0.5, 0.6) is 5.75 Å². The monoisotopic (exact) mass is 578 g/mol. The summed E-state index contributed by atoms with van der Waals surface area (Å²) < 4.78 is 8.65. The minimum Gasteiger partial charge on any atom is -0.484 e. The summed E-state index contributed by atoms with van der Waals surface area (Å²) in [4.78, 5) is 19.8. The van der Waals surface area contributed by atoms with E-state index in [4.69, 9.17) is 4.74 Å². The number of hydrogen-bond donors (Lipinski definition) is 2. The highest BCUT2D eigenvalue weighted by Crippen LogP contribution is 2.40. The molecule has 1 fully saturated rings. The number of carbonyl (C=O) groups is 1. The van der Waals surface area contributed by atoms with Crippen LogP contribution in [0.3, 0.4) is 0 Å². The van der Waals surface area contributed by atoms with Crippen LogP contribution in [0, 0.1) is 11.3 Å². The van der Waals surface area contributed by atoms with E-state index in [1.807, 2.05) is 42.6 Å². The van der Waals surface area contributed by atoms with E-state index >= 15 is 0 Å². The van der Waals surface area contributed by atoms with Gasteiger partial charge in [-0.1, -0.05) is 45.0 Å². The maximum Gasteiger partial charge on any atom is 0.320 e. The van der Waals surface area contributed by atoms with Gasteiger partial charge in [0.1, 0.15) is 29.4 Å². The predicted molar refractivity (Wildman–Crippen MR) is 164 cm³/mol. The number of hydrogen-bond acceptors (Lipinski definition) is 7. The summed E-state index contributed by atoms with van der Waals surface area (Å²) in [5.41, 5.74) is 3.70. The molecule has 4 heterocycles. The summed E-state index contributed by atoms with van der Waals surface area (Å²) in [6, 6.07) is 17.1. The minimum absolute atomic E-state index is 0.164. The van der Waals surface area contributed by atoms with Gasteiger partial charge in [-0.25, -0.2) is 9.78 Å². The number of nitrogens with one attached hydrogen (secondary N) is 2. The summed E-state index contributed by atoms with van der Waals surface area (Å²) in [6.07, 6.45) is 5.43. The first kappa shape index (κ1) is 28.6. The quantitative estimate of drug-likeness (QED) is 0.297. The van der Waals surface area contributed by atoms with Crippen LogP contribution in [0.25, 0.3) is 5.65 Å². The summed E-state index contributed by atoms with van der Waals surface area (Å²) in [5.74, 6) is 2.03. The molecule has 0 unspecified atom stereocenters. The Morgan fingerprint density at radius 2 is 1.91 bits per heavy atom. The molecular formula is C33H38N8O2. The molecule has 0 bridgehead atoms. The number of aromatic nitrogens is 4. The Morgan fingerprint density at radius 1 is 1.12 bits per heavy atom. The van der Waals surface area contributed by atoms with Crippen LogP contribution in [0.2, 0.25) is 0 Å². The number of rotatable bonds is 5. The number of ether oxygens (including phenoxy) is 1. The van der Waals surface area contributed by atoms with Crippen molar-refractivity contribution < 1.29 is 9.53 Å². The number of urea groups is 1. The van der Waals surface area contributed by atoms with Crippen molar-refractivity contribution in [2.24, 2.45) is 0 Å². The van der Waals surface area contributed by atoms with Crippen LogP contribution >= 0.6 is 0 Å². The summed E-state index contributed by atoms with van der Waals surface area (Å²) >= 11 is 0. The molecule has 3 atom stereocenters. The number of fused-ring (bicyclic) bond motifs is 2. The van der Waals surface area contributed by atoms with Crippen LogP contribution in [0.4, 0.5) is 10.6 Å². The highest BCUT2D eigenvalue weighted by Gasteiger charge is 2.40. The lowest BCUT2D eigenvalue weighted by molar-refractivity contribution is 0.170. The van der Waals surface area contributed by atoms with E-state index in [2.05, 4.69) is 82.0 Å². The zero-order valence-electron chi connectivity index (χ0n) is 25.4. The number of likely N-dealkylation sites (tertiary alicyclic amines) is 1. The van der Waals surface area contributed by atoms with Gasteiger partial charge in [0.25, 0.3) is 0 Å². The number of amides is 2. The second kappa shape index (κ2) is 11.0. The van der Waals surface area contributed by atoms with Gasteiger partial charge >= 0.3 is 6.03 Å². The zero-order valence-corrected chi connectivity index (χ0v) is 25.4. The fourth-order valence-corrected chi connectivity index (χ4v) is 6.27. The second-order valence-corrected chi connectivity index (χ2v) is 12.9. The average molecular weight is 579 g/mol. The normalized spacial score (nSPS) is 22.1. The smallest absolute Gasteiger partial charge is 0.320 e. The second-order valence-electron chi connectivity index (χ2n) is 12.9. The van der Waals surface area contributed by atoms with E-state index in [1.54, 1.807) is 6.07 Å². The Labute approximate surface area is 252 Å². The van der Waals surface area contributed by atoms with E-state index in [-0.39, 0.29) is 34.8 Å².